The molecule has 0 aliphatic carbocycles. The van der Waals surface area contributed by atoms with Gasteiger partial charge in [0.15, 0.2) is 11.1 Å². The van der Waals surface area contributed by atoms with E-state index in [1.54, 1.807) is 11.3 Å². The summed E-state index contributed by atoms with van der Waals surface area (Å²) in [5.74, 6) is 0.812. The second-order valence-electron chi connectivity index (χ2n) is 9.30. The maximum atomic E-state index is 12.7. The van der Waals surface area contributed by atoms with Gasteiger partial charge in [-0.1, -0.05) is 0 Å². The predicted octanol–water partition coefficient (Wildman–Crippen LogP) is 3.81. The molecule has 2 bridgehead atoms. The highest BCUT2D eigenvalue weighted by molar-refractivity contribution is 14.0. The summed E-state index contributed by atoms with van der Waals surface area (Å²) in [5.41, 5.74) is 0.513. The Hall–Kier alpha value is -1.30. The number of hydrogen-bond donors (Lipinski definition) is 2. The smallest absolute Gasteiger partial charge is 0.410 e. The van der Waals surface area contributed by atoms with Gasteiger partial charge in [-0.3, -0.25) is 0 Å². The molecule has 2 fully saturated rings. The molecular weight excluding hydrogens is 527 g/mol. The van der Waals surface area contributed by atoms with E-state index in [1.165, 1.54) is 0 Å². The molecule has 8 nitrogen and oxygen atoms in total. The fourth-order valence-corrected chi connectivity index (χ4v) is 4.90. The Kier molecular flexibility index (Phi) is 9.23. The second-order valence-corrected chi connectivity index (χ2v) is 10.1. The Morgan fingerprint density at radius 2 is 1.97 bits per heavy atom. The highest BCUT2D eigenvalue weighted by Crippen LogP contribution is 2.36. The average Bonchev–Trinajstić information content (AvgIpc) is 3.22. The van der Waals surface area contributed by atoms with Crippen molar-refractivity contribution >= 4 is 52.5 Å². The minimum Gasteiger partial charge on any atom is -0.444 e. The summed E-state index contributed by atoms with van der Waals surface area (Å²) in [4.78, 5) is 26.0. The number of carbonyl (C=O) groups excluding carboxylic acids is 1. The van der Waals surface area contributed by atoms with Crippen LogP contribution in [0.3, 0.4) is 0 Å². The highest BCUT2D eigenvalue weighted by atomic mass is 127. The topological polar surface area (TPSA) is 82.1 Å². The second kappa shape index (κ2) is 11.0. The van der Waals surface area contributed by atoms with Crippen LogP contribution in [0.2, 0.25) is 0 Å². The number of aromatic nitrogens is 1. The first-order valence-corrected chi connectivity index (χ1v) is 11.7. The number of halogens is 1. The van der Waals surface area contributed by atoms with Crippen LogP contribution in [-0.2, 0) is 11.3 Å². The third-order valence-electron chi connectivity index (χ3n) is 5.34. The van der Waals surface area contributed by atoms with Crippen molar-refractivity contribution in [3.8, 4) is 0 Å². The Morgan fingerprint density at radius 3 is 2.48 bits per heavy atom. The lowest BCUT2D eigenvalue weighted by Crippen LogP contribution is -2.55. The first-order valence-electron chi connectivity index (χ1n) is 10.8. The number of thiazole rings is 1. The lowest BCUT2D eigenvalue weighted by atomic mass is 9.98. The van der Waals surface area contributed by atoms with Gasteiger partial charge in [-0.25, -0.2) is 14.8 Å². The van der Waals surface area contributed by atoms with Gasteiger partial charge in [-0.15, -0.1) is 35.3 Å². The molecule has 1 aromatic heterocycles. The molecule has 3 rings (SSSR count). The zero-order valence-electron chi connectivity index (χ0n) is 19.5. The molecular formula is C21H37IN6O2S. The maximum absolute atomic E-state index is 12.7. The van der Waals surface area contributed by atoms with Gasteiger partial charge in [0, 0.05) is 44.1 Å². The standard InChI is InChI=1S/C21H36N6O2S.HI/c1-7-22-18(23-12-15-13-30-19(25-15)26(5)6)24-14-10-16-8-9-17(11-14)27(16)20(28)29-21(2,3)4;/h13-14,16-17H,7-12H2,1-6H3,(H2,22,23,24);1H. The first kappa shape index (κ1) is 26.0. The summed E-state index contributed by atoms with van der Waals surface area (Å²) in [6, 6.07) is 0.770. The van der Waals surface area contributed by atoms with E-state index in [-0.39, 0.29) is 42.2 Å². The lowest BCUT2D eigenvalue weighted by molar-refractivity contribution is 0.00545. The number of carbonyl (C=O) groups is 1. The van der Waals surface area contributed by atoms with Crippen molar-refractivity contribution in [1.82, 2.24) is 20.5 Å². The minimum absolute atomic E-state index is 0. The summed E-state index contributed by atoms with van der Waals surface area (Å²) in [6.45, 7) is 9.18. The number of rotatable bonds is 5. The van der Waals surface area contributed by atoms with E-state index >= 15 is 0 Å². The van der Waals surface area contributed by atoms with Crippen molar-refractivity contribution in [2.75, 3.05) is 25.5 Å². The molecule has 2 atom stereocenters. The SMILES string of the molecule is CCNC(=NCc1csc(N(C)C)n1)NC1CC2CCC(C1)N2C(=O)OC(C)(C)C.I. The minimum atomic E-state index is -0.460. The van der Waals surface area contributed by atoms with Gasteiger partial charge < -0.3 is 25.2 Å². The zero-order valence-corrected chi connectivity index (χ0v) is 22.6. The third-order valence-corrected chi connectivity index (χ3v) is 6.40. The van der Waals surface area contributed by atoms with Crippen LogP contribution in [0, 0.1) is 0 Å². The Labute approximate surface area is 207 Å². The van der Waals surface area contributed by atoms with Crippen molar-refractivity contribution in [2.45, 2.75) is 83.6 Å². The van der Waals surface area contributed by atoms with E-state index in [0.29, 0.717) is 12.6 Å². The number of fused-ring (bicyclic) bond motifs is 2. The van der Waals surface area contributed by atoms with Crippen LogP contribution in [0.4, 0.5) is 9.93 Å². The number of piperidine rings is 1. The van der Waals surface area contributed by atoms with Crippen LogP contribution in [0.25, 0.3) is 0 Å². The summed E-state index contributed by atoms with van der Waals surface area (Å²) in [5, 5.41) is 9.98. The van der Waals surface area contributed by atoms with Crippen LogP contribution in [0.5, 0.6) is 0 Å². The van der Waals surface area contributed by atoms with Crippen LogP contribution in [-0.4, -0.2) is 66.3 Å². The Bertz CT molecular complexity index is 749. The maximum Gasteiger partial charge on any atom is 0.410 e. The fraction of sp³-hybridized carbons (Fsp3) is 0.762. The quantitative estimate of drug-likeness (QED) is 0.322. The van der Waals surface area contributed by atoms with E-state index < -0.39 is 5.60 Å². The molecule has 1 aromatic rings. The summed E-state index contributed by atoms with van der Waals surface area (Å²) >= 11 is 1.63. The molecule has 176 valence electrons. The molecule has 0 radical (unpaired) electrons. The number of nitrogens with one attached hydrogen (secondary N) is 2. The zero-order chi connectivity index (χ0) is 21.9. The molecule has 2 aliphatic rings. The lowest BCUT2D eigenvalue weighted by Gasteiger charge is -2.40. The summed E-state index contributed by atoms with van der Waals surface area (Å²) in [7, 11) is 3.99. The van der Waals surface area contributed by atoms with E-state index in [0.717, 1.165) is 49.0 Å². The van der Waals surface area contributed by atoms with Crippen molar-refractivity contribution in [2.24, 2.45) is 4.99 Å². The predicted molar refractivity (Wildman–Crippen MR) is 138 cm³/mol. The van der Waals surface area contributed by atoms with Crippen LogP contribution in [0.15, 0.2) is 10.4 Å². The number of nitrogens with zero attached hydrogens (tertiary/aromatic N) is 4. The first-order chi connectivity index (χ1) is 14.2. The third kappa shape index (κ3) is 7.10. The van der Waals surface area contributed by atoms with Gasteiger partial charge in [0.1, 0.15) is 5.60 Å². The molecule has 3 heterocycles. The van der Waals surface area contributed by atoms with Crippen molar-refractivity contribution in [3.63, 3.8) is 0 Å². The normalized spacial score (nSPS) is 23.2. The number of anilines is 1. The van der Waals surface area contributed by atoms with Crippen LogP contribution >= 0.6 is 35.3 Å². The number of ether oxygens (including phenoxy) is 1. The van der Waals surface area contributed by atoms with Crippen LogP contribution < -0.4 is 15.5 Å². The van der Waals surface area contributed by atoms with E-state index in [1.807, 2.05) is 44.7 Å². The van der Waals surface area contributed by atoms with Crippen molar-refractivity contribution in [1.29, 1.82) is 0 Å². The van der Waals surface area contributed by atoms with Crippen LogP contribution in [0.1, 0.15) is 59.1 Å². The molecule has 31 heavy (non-hydrogen) atoms. The Morgan fingerprint density at radius 1 is 1.32 bits per heavy atom. The molecule has 0 spiro atoms. The van der Waals surface area contributed by atoms with Gasteiger partial charge in [0.05, 0.1) is 12.2 Å². The largest absolute Gasteiger partial charge is 0.444 e. The number of guanidine groups is 1. The van der Waals surface area contributed by atoms with Crippen molar-refractivity contribution < 1.29 is 9.53 Å². The average molecular weight is 565 g/mol. The van der Waals surface area contributed by atoms with Gasteiger partial charge in [0.25, 0.3) is 0 Å². The summed E-state index contributed by atoms with van der Waals surface area (Å²) in [6.07, 6.45) is 3.75. The van der Waals surface area contributed by atoms with Gasteiger partial charge in [-0.2, -0.15) is 0 Å². The van der Waals surface area contributed by atoms with E-state index in [9.17, 15) is 4.79 Å². The molecule has 2 unspecified atom stereocenters. The fourth-order valence-electron chi connectivity index (χ4n) is 4.16. The molecule has 1 amide bonds. The molecule has 2 N–H and O–H groups in total. The molecule has 10 heteroatoms. The van der Waals surface area contributed by atoms with Gasteiger partial charge in [0.2, 0.25) is 0 Å². The van der Waals surface area contributed by atoms with Crippen molar-refractivity contribution in [3.05, 3.63) is 11.1 Å². The monoisotopic (exact) mass is 564 g/mol. The molecule has 0 saturated carbocycles. The van der Waals surface area contributed by atoms with Gasteiger partial charge in [-0.05, 0) is 53.4 Å². The highest BCUT2D eigenvalue weighted by Gasteiger charge is 2.45. The Balaban J connectivity index is 0.00000341. The number of aliphatic imine (C=N–C) groups is 1. The molecule has 2 saturated heterocycles. The molecule has 0 aromatic carbocycles. The molecule has 2 aliphatic heterocycles. The number of hydrogen-bond acceptors (Lipinski definition) is 6. The van der Waals surface area contributed by atoms with E-state index in [2.05, 4.69) is 27.9 Å². The summed E-state index contributed by atoms with van der Waals surface area (Å²) < 4.78 is 5.64. The van der Waals surface area contributed by atoms with Gasteiger partial charge >= 0.3 is 6.09 Å². The number of amides is 1. The van der Waals surface area contributed by atoms with E-state index in [4.69, 9.17) is 9.73 Å².